The van der Waals surface area contributed by atoms with E-state index in [0.717, 1.165) is 4.31 Å². The van der Waals surface area contributed by atoms with Crippen molar-refractivity contribution in [3.8, 4) is 0 Å². The first-order valence-corrected chi connectivity index (χ1v) is 5.44. The molecule has 1 aliphatic rings. The summed E-state index contributed by atoms with van der Waals surface area (Å²) in [4.78, 5) is 21.4. The minimum Gasteiger partial charge on any atom is -0.597 e. The van der Waals surface area contributed by atoms with Gasteiger partial charge in [-0.3, -0.25) is 9.59 Å². The van der Waals surface area contributed by atoms with E-state index in [1.807, 2.05) is 0 Å². The highest BCUT2D eigenvalue weighted by atomic mass is 32.2. The second-order valence-electron chi connectivity index (χ2n) is 4.29. The average molecular weight is 235 g/mol. The molecule has 0 aromatic heterocycles. The third-order valence-electron chi connectivity index (χ3n) is 1.98. The van der Waals surface area contributed by atoms with Gasteiger partial charge in [-0.25, -0.2) is 0 Å². The number of hydrogen-bond acceptors (Lipinski definition) is 4. The lowest BCUT2D eigenvalue weighted by atomic mass is 10.3. The van der Waals surface area contributed by atoms with Gasteiger partial charge in [0.05, 0.1) is 0 Å². The van der Waals surface area contributed by atoms with E-state index in [4.69, 9.17) is 10.2 Å². The van der Waals surface area contributed by atoms with Crippen molar-refractivity contribution < 1.29 is 24.4 Å². The highest BCUT2D eigenvalue weighted by Crippen LogP contribution is 2.37. The lowest BCUT2D eigenvalue weighted by molar-refractivity contribution is -0.140. The van der Waals surface area contributed by atoms with E-state index in [1.54, 1.807) is 20.8 Å². The number of rotatable bonds is 3. The molecule has 0 aliphatic carbocycles. The summed E-state index contributed by atoms with van der Waals surface area (Å²) >= 11 is -1.61. The third-order valence-corrected chi connectivity index (χ3v) is 3.86. The van der Waals surface area contributed by atoms with Crippen LogP contribution in [0.3, 0.4) is 0 Å². The Balaban J connectivity index is 2.80. The van der Waals surface area contributed by atoms with Crippen LogP contribution in [0.5, 0.6) is 0 Å². The van der Waals surface area contributed by atoms with Crippen LogP contribution in [0.2, 0.25) is 0 Å². The molecule has 0 radical (unpaired) electrons. The standard InChI is InChI=1S/C8H13NO5S/c1-8(2,3)15(14)9-4(6(10)11)5(9)7(12)13/h4-5H,1-3H3,(H,10,11)(H,12,13)/t4-,5+,9?,15?. The number of hydrogen-bond donors (Lipinski definition) is 2. The third kappa shape index (κ3) is 2.24. The van der Waals surface area contributed by atoms with Crippen LogP contribution in [0.15, 0.2) is 0 Å². The molecule has 86 valence electrons. The Morgan fingerprint density at radius 3 is 1.73 bits per heavy atom. The van der Waals surface area contributed by atoms with Crippen molar-refractivity contribution in [2.75, 3.05) is 0 Å². The normalized spacial score (nSPS) is 32.1. The molecule has 1 rings (SSSR count). The zero-order valence-electron chi connectivity index (χ0n) is 8.63. The molecular formula is C8H13NO5S. The Bertz CT molecular complexity index is 280. The quantitative estimate of drug-likeness (QED) is 0.513. The molecule has 0 spiro atoms. The van der Waals surface area contributed by atoms with Crippen molar-refractivity contribution in [2.45, 2.75) is 37.6 Å². The summed E-state index contributed by atoms with van der Waals surface area (Å²) in [6, 6.07) is -2.33. The summed E-state index contributed by atoms with van der Waals surface area (Å²) in [5, 5.41) is 17.4. The topological polar surface area (TPSA) is 101 Å². The summed E-state index contributed by atoms with van der Waals surface area (Å²) in [7, 11) is 0. The maximum Gasteiger partial charge on any atom is 0.328 e. The first-order chi connectivity index (χ1) is 6.68. The van der Waals surface area contributed by atoms with Crippen LogP contribution in [-0.2, 0) is 21.0 Å². The summed E-state index contributed by atoms with van der Waals surface area (Å²) in [5.41, 5.74) is 0. The summed E-state index contributed by atoms with van der Waals surface area (Å²) in [5.74, 6) is -2.50. The van der Waals surface area contributed by atoms with E-state index in [9.17, 15) is 14.1 Å². The van der Waals surface area contributed by atoms with E-state index in [0.29, 0.717) is 0 Å². The molecule has 4 atom stereocenters. The van der Waals surface area contributed by atoms with E-state index in [-0.39, 0.29) is 0 Å². The fourth-order valence-corrected chi connectivity index (χ4v) is 2.62. The van der Waals surface area contributed by atoms with Crippen molar-refractivity contribution in [3.05, 3.63) is 0 Å². The largest absolute Gasteiger partial charge is 0.597 e. The maximum atomic E-state index is 11.8. The van der Waals surface area contributed by atoms with Crippen LogP contribution in [0.4, 0.5) is 0 Å². The van der Waals surface area contributed by atoms with Gasteiger partial charge in [-0.1, -0.05) is 4.31 Å². The van der Waals surface area contributed by atoms with Gasteiger partial charge in [0.25, 0.3) is 0 Å². The van der Waals surface area contributed by atoms with Crippen molar-refractivity contribution in [1.29, 1.82) is 0 Å². The van der Waals surface area contributed by atoms with Gasteiger partial charge in [-0.2, -0.15) is 0 Å². The molecule has 1 aliphatic heterocycles. The summed E-state index contributed by atoms with van der Waals surface area (Å²) in [6.07, 6.45) is 0. The van der Waals surface area contributed by atoms with Crippen LogP contribution in [0, 0.1) is 0 Å². The summed E-state index contributed by atoms with van der Waals surface area (Å²) < 4.78 is 12.1. The molecule has 0 aromatic rings. The molecule has 1 fully saturated rings. The lowest BCUT2D eigenvalue weighted by Gasteiger charge is -2.23. The van der Waals surface area contributed by atoms with Crippen molar-refractivity contribution in [1.82, 2.24) is 4.31 Å². The smallest absolute Gasteiger partial charge is 0.328 e. The molecule has 0 saturated carbocycles. The molecule has 2 unspecified atom stereocenters. The van der Waals surface area contributed by atoms with Crippen molar-refractivity contribution in [2.24, 2.45) is 0 Å². The molecule has 15 heavy (non-hydrogen) atoms. The van der Waals surface area contributed by atoms with Gasteiger partial charge in [0.1, 0.15) is 4.75 Å². The second kappa shape index (κ2) is 3.66. The highest BCUT2D eigenvalue weighted by molar-refractivity contribution is 7.90. The number of carbonyl (C=O) groups is 2. The fraction of sp³-hybridized carbons (Fsp3) is 0.750. The van der Waals surface area contributed by atoms with Gasteiger partial charge < -0.3 is 14.8 Å². The van der Waals surface area contributed by atoms with E-state index >= 15 is 0 Å². The molecular weight excluding hydrogens is 222 g/mol. The minimum atomic E-state index is -1.61. The Hall–Kier alpha value is -0.790. The van der Waals surface area contributed by atoms with Gasteiger partial charge in [-0.05, 0) is 20.8 Å². The average Bonchev–Trinajstić information content (AvgIpc) is 2.74. The second-order valence-corrected chi connectivity index (χ2v) is 6.43. The number of aliphatic carboxylic acids is 2. The number of carboxylic acid groups (broad SMARTS) is 2. The number of nitrogens with zero attached hydrogens (tertiary/aromatic N) is 1. The lowest BCUT2D eigenvalue weighted by Crippen LogP contribution is -2.36. The monoisotopic (exact) mass is 235 g/mol. The summed E-state index contributed by atoms with van der Waals surface area (Å²) in [6.45, 7) is 5.00. The Kier molecular flexibility index (Phi) is 2.99. The van der Waals surface area contributed by atoms with E-state index in [1.165, 1.54) is 0 Å². The molecule has 1 saturated heterocycles. The Labute approximate surface area is 90.2 Å². The molecule has 0 aromatic carbocycles. The predicted octanol–water partition coefficient (Wildman–Crippen LogP) is -0.329. The number of carboxylic acids is 2. The van der Waals surface area contributed by atoms with Crippen LogP contribution >= 0.6 is 0 Å². The van der Waals surface area contributed by atoms with Crippen LogP contribution < -0.4 is 0 Å². The molecule has 2 N–H and O–H groups in total. The Morgan fingerprint density at radius 1 is 1.20 bits per heavy atom. The first-order valence-electron chi connectivity index (χ1n) is 4.34. The van der Waals surface area contributed by atoms with Crippen molar-refractivity contribution >= 4 is 23.3 Å². The van der Waals surface area contributed by atoms with Crippen LogP contribution in [0.25, 0.3) is 0 Å². The SMILES string of the molecule is CC(C)(C)[S+]([O-])N1[C@H](C(=O)O)[C@@H]1C(=O)O. The minimum absolute atomic E-state index is 0.655. The van der Waals surface area contributed by atoms with Gasteiger partial charge in [0, 0.05) is 11.4 Å². The van der Waals surface area contributed by atoms with Crippen LogP contribution in [0.1, 0.15) is 20.8 Å². The maximum absolute atomic E-state index is 11.8. The van der Waals surface area contributed by atoms with E-state index < -0.39 is 40.1 Å². The van der Waals surface area contributed by atoms with Gasteiger partial charge in [-0.15, -0.1) is 0 Å². The fourth-order valence-electron chi connectivity index (χ4n) is 1.22. The Morgan fingerprint density at radius 2 is 1.53 bits per heavy atom. The predicted molar refractivity (Wildman–Crippen MR) is 52.6 cm³/mol. The van der Waals surface area contributed by atoms with Gasteiger partial charge >= 0.3 is 11.9 Å². The molecule has 1 heterocycles. The van der Waals surface area contributed by atoms with Gasteiger partial charge in [0.15, 0.2) is 12.1 Å². The van der Waals surface area contributed by atoms with Gasteiger partial charge in [0.2, 0.25) is 0 Å². The highest BCUT2D eigenvalue weighted by Gasteiger charge is 2.67. The molecule has 6 nitrogen and oxygen atoms in total. The molecule has 0 bridgehead atoms. The first kappa shape index (κ1) is 12.3. The zero-order chi connectivity index (χ0) is 12.0. The van der Waals surface area contributed by atoms with E-state index in [2.05, 4.69) is 0 Å². The molecule has 7 heteroatoms. The zero-order valence-corrected chi connectivity index (χ0v) is 9.45. The van der Waals surface area contributed by atoms with Crippen molar-refractivity contribution in [3.63, 3.8) is 0 Å². The molecule has 0 amide bonds. The van der Waals surface area contributed by atoms with Crippen LogP contribution in [-0.4, -0.2) is 47.8 Å².